The predicted molar refractivity (Wildman–Crippen MR) is 205 cm³/mol. The number of para-hydroxylation sites is 2. The number of allylic oxidation sites excluding steroid dienone is 4. The molecule has 0 aromatic heterocycles. The van der Waals surface area contributed by atoms with Crippen LogP contribution in [0.25, 0.3) is 22.3 Å². The van der Waals surface area contributed by atoms with E-state index in [0.717, 1.165) is 51.7 Å². The molecule has 0 bridgehead atoms. The van der Waals surface area contributed by atoms with Gasteiger partial charge in [0.25, 0.3) is 0 Å². The lowest BCUT2D eigenvalue weighted by Gasteiger charge is -2.49. The molecule has 6 aromatic rings. The highest BCUT2D eigenvalue weighted by molar-refractivity contribution is 5.91. The average Bonchev–Trinajstić information content (AvgIpc) is 3.15. The SMILES string of the molecule is C=C(/C(C)=C\C(C)=C/CC)N1c2ccc(-c3ccccc3)cc2C2(c3ccccc3Oc3ccccc32)c2cc(-c3ccccc3)ccc21. The molecule has 0 unspecified atom stereocenters. The van der Waals surface area contributed by atoms with E-state index in [4.69, 9.17) is 11.3 Å². The standard InChI is InChI=1S/C47H39NO/c1-5-16-32(2)29-33(3)34(4)48-43-27-25-37(35-17-8-6-9-18-35)30-41(43)47(42-31-38(26-28-44(42)48)36-19-10-7-11-20-36)39-21-12-14-23-45(39)49-46-24-15-13-22-40(46)47/h6-31H,4-5H2,1-3H3/b32-16-,33-29-. The first-order valence-electron chi connectivity index (χ1n) is 17.1. The molecule has 0 N–H and O–H groups in total. The molecule has 49 heavy (non-hydrogen) atoms. The van der Waals surface area contributed by atoms with Crippen LogP contribution in [-0.4, -0.2) is 0 Å². The van der Waals surface area contributed by atoms with Crippen molar-refractivity contribution < 1.29 is 4.74 Å². The Balaban J connectivity index is 1.51. The molecule has 0 fully saturated rings. The van der Waals surface area contributed by atoms with Crippen molar-refractivity contribution in [2.45, 2.75) is 32.6 Å². The summed E-state index contributed by atoms with van der Waals surface area (Å²) >= 11 is 0. The number of hydrogen-bond acceptors (Lipinski definition) is 2. The van der Waals surface area contributed by atoms with Crippen LogP contribution >= 0.6 is 0 Å². The number of fused-ring (bicyclic) bond motifs is 8. The van der Waals surface area contributed by atoms with Gasteiger partial charge in [-0.1, -0.05) is 140 Å². The van der Waals surface area contributed by atoms with Crippen LogP contribution < -0.4 is 9.64 Å². The highest BCUT2D eigenvalue weighted by Gasteiger charge is 2.51. The molecule has 238 valence electrons. The van der Waals surface area contributed by atoms with Gasteiger partial charge in [-0.2, -0.15) is 0 Å². The third-order valence-electron chi connectivity index (χ3n) is 9.99. The Morgan fingerprint density at radius 1 is 0.592 bits per heavy atom. The molecule has 8 rings (SSSR count). The van der Waals surface area contributed by atoms with Gasteiger partial charge in [0.1, 0.15) is 11.5 Å². The van der Waals surface area contributed by atoms with Crippen molar-refractivity contribution in [3.05, 3.63) is 203 Å². The summed E-state index contributed by atoms with van der Waals surface area (Å²) in [6.45, 7) is 11.3. The molecule has 0 amide bonds. The third-order valence-corrected chi connectivity index (χ3v) is 9.99. The minimum Gasteiger partial charge on any atom is -0.457 e. The maximum atomic E-state index is 6.70. The van der Waals surface area contributed by atoms with Crippen molar-refractivity contribution in [1.29, 1.82) is 0 Å². The van der Waals surface area contributed by atoms with Crippen molar-refractivity contribution in [3.63, 3.8) is 0 Å². The monoisotopic (exact) mass is 633 g/mol. The van der Waals surface area contributed by atoms with Gasteiger partial charge in [0.2, 0.25) is 0 Å². The van der Waals surface area contributed by atoms with Crippen LogP contribution in [0.15, 0.2) is 181 Å². The molecule has 0 atom stereocenters. The first-order valence-corrected chi connectivity index (χ1v) is 17.1. The summed E-state index contributed by atoms with van der Waals surface area (Å²) in [6, 6.07) is 52.4. The summed E-state index contributed by atoms with van der Waals surface area (Å²) in [5.41, 5.74) is 14.2. The lowest BCUT2D eigenvalue weighted by atomic mass is 9.60. The van der Waals surface area contributed by atoms with Crippen molar-refractivity contribution in [3.8, 4) is 33.8 Å². The average molecular weight is 634 g/mol. The highest BCUT2D eigenvalue weighted by atomic mass is 16.5. The molecule has 1 spiro atoms. The Labute approximate surface area is 290 Å². The van der Waals surface area contributed by atoms with Crippen molar-refractivity contribution in [2.24, 2.45) is 0 Å². The number of ether oxygens (including phenoxy) is 1. The minimum atomic E-state index is -0.669. The van der Waals surface area contributed by atoms with Gasteiger partial charge in [0, 0.05) is 16.8 Å². The second-order valence-electron chi connectivity index (χ2n) is 13.0. The Morgan fingerprint density at radius 3 is 1.55 bits per heavy atom. The van der Waals surface area contributed by atoms with Crippen LogP contribution in [0.1, 0.15) is 49.4 Å². The first kappa shape index (κ1) is 30.5. The minimum absolute atomic E-state index is 0.669. The van der Waals surface area contributed by atoms with Crippen LogP contribution in [0.2, 0.25) is 0 Å². The number of nitrogens with zero attached hydrogens (tertiary/aromatic N) is 1. The van der Waals surface area contributed by atoms with Gasteiger partial charge in [-0.25, -0.2) is 0 Å². The summed E-state index contributed by atoms with van der Waals surface area (Å²) in [7, 11) is 0. The Hall–Kier alpha value is -5.86. The van der Waals surface area contributed by atoms with Crippen LogP contribution in [0, 0.1) is 0 Å². The first-order chi connectivity index (χ1) is 24.0. The van der Waals surface area contributed by atoms with E-state index in [1.807, 2.05) is 0 Å². The summed E-state index contributed by atoms with van der Waals surface area (Å²) < 4.78 is 6.70. The summed E-state index contributed by atoms with van der Waals surface area (Å²) in [5.74, 6) is 1.74. The second kappa shape index (κ2) is 12.3. The maximum Gasteiger partial charge on any atom is 0.132 e. The smallest absolute Gasteiger partial charge is 0.132 e. The number of hydrogen-bond donors (Lipinski definition) is 0. The van der Waals surface area contributed by atoms with E-state index < -0.39 is 5.41 Å². The molecule has 2 aliphatic heterocycles. The van der Waals surface area contributed by atoms with Crippen LogP contribution in [0.5, 0.6) is 11.5 Å². The van der Waals surface area contributed by atoms with Gasteiger partial charge in [0.05, 0.1) is 16.8 Å². The number of rotatable bonds is 6. The molecule has 0 saturated carbocycles. The maximum absolute atomic E-state index is 6.70. The second-order valence-corrected chi connectivity index (χ2v) is 13.0. The zero-order chi connectivity index (χ0) is 33.5. The Morgan fingerprint density at radius 2 is 1.06 bits per heavy atom. The van der Waals surface area contributed by atoms with Gasteiger partial charge in [-0.3, -0.25) is 0 Å². The molecule has 2 aliphatic rings. The fraction of sp³-hybridized carbons (Fsp3) is 0.106. The number of anilines is 2. The van der Waals surface area contributed by atoms with Gasteiger partial charge in [0.15, 0.2) is 0 Å². The summed E-state index contributed by atoms with van der Waals surface area (Å²) in [5, 5.41) is 0. The lowest BCUT2D eigenvalue weighted by Crippen LogP contribution is -2.40. The van der Waals surface area contributed by atoms with E-state index in [0.29, 0.717) is 0 Å². The Bertz CT molecular complexity index is 2140. The number of benzene rings is 6. The van der Waals surface area contributed by atoms with Gasteiger partial charge in [-0.05, 0) is 95.6 Å². The summed E-state index contributed by atoms with van der Waals surface area (Å²) in [6.07, 6.45) is 5.51. The van der Waals surface area contributed by atoms with Crippen molar-refractivity contribution in [1.82, 2.24) is 0 Å². The van der Waals surface area contributed by atoms with Crippen molar-refractivity contribution in [2.75, 3.05) is 4.90 Å². The Kier molecular flexibility index (Phi) is 7.65. The highest BCUT2D eigenvalue weighted by Crippen LogP contribution is 2.63. The van der Waals surface area contributed by atoms with E-state index in [9.17, 15) is 0 Å². The fourth-order valence-electron chi connectivity index (χ4n) is 7.81. The van der Waals surface area contributed by atoms with E-state index in [2.05, 4.69) is 183 Å². The molecule has 0 radical (unpaired) electrons. The van der Waals surface area contributed by atoms with E-state index in [1.54, 1.807) is 0 Å². The van der Waals surface area contributed by atoms with Gasteiger partial charge >= 0.3 is 0 Å². The quantitative estimate of drug-likeness (QED) is 0.169. The molecule has 0 aliphatic carbocycles. The van der Waals surface area contributed by atoms with Crippen LogP contribution in [0.3, 0.4) is 0 Å². The van der Waals surface area contributed by atoms with Crippen LogP contribution in [0.4, 0.5) is 11.4 Å². The third kappa shape index (κ3) is 4.95. The normalized spacial score (nSPS) is 14.3. The van der Waals surface area contributed by atoms with E-state index in [-0.39, 0.29) is 0 Å². The molecular formula is C47H39NO. The van der Waals surface area contributed by atoms with Crippen LogP contribution in [-0.2, 0) is 5.41 Å². The topological polar surface area (TPSA) is 12.5 Å². The molecule has 6 aromatic carbocycles. The van der Waals surface area contributed by atoms with Gasteiger partial charge in [-0.15, -0.1) is 0 Å². The predicted octanol–water partition coefficient (Wildman–Crippen LogP) is 12.8. The van der Waals surface area contributed by atoms with E-state index >= 15 is 0 Å². The molecule has 0 saturated heterocycles. The fourth-order valence-corrected chi connectivity index (χ4v) is 7.81. The summed E-state index contributed by atoms with van der Waals surface area (Å²) in [4.78, 5) is 2.38. The van der Waals surface area contributed by atoms with Crippen molar-refractivity contribution >= 4 is 11.4 Å². The largest absolute Gasteiger partial charge is 0.457 e. The zero-order valence-corrected chi connectivity index (χ0v) is 28.3. The zero-order valence-electron chi connectivity index (χ0n) is 28.3. The lowest BCUT2D eigenvalue weighted by molar-refractivity contribution is 0.434. The van der Waals surface area contributed by atoms with E-state index in [1.165, 1.54) is 39.0 Å². The molecule has 2 heterocycles. The molecular weight excluding hydrogens is 595 g/mol. The van der Waals surface area contributed by atoms with Gasteiger partial charge < -0.3 is 9.64 Å². The molecule has 2 heteroatoms. The molecule has 2 nitrogen and oxygen atoms in total.